The molecule has 2 aliphatic carbocycles. The van der Waals surface area contributed by atoms with Gasteiger partial charge < -0.3 is 20.6 Å². The lowest BCUT2D eigenvalue weighted by atomic mass is 9.72. The average molecular weight is 508 g/mol. The van der Waals surface area contributed by atoms with Crippen LogP contribution in [0.15, 0.2) is 4.99 Å². The summed E-state index contributed by atoms with van der Waals surface area (Å²) in [5.74, 6) is 1.03. The van der Waals surface area contributed by atoms with Crippen LogP contribution in [0, 0.1) is 10.8 Å². The molecule has 6 nitrogen and oxygen atoms in total. The van der Waals surface area contributed by atoms with Gasteiger partial charge in [-0.3, -0.25) is 9.79 Å². The van der Waals surface area contributed by atoms with Crippen molar-refractivity contribution in [2.75, 3.05) is 40.3 Å². The van der Waals surface area contributed by atoms with E-state index in [-0.39, 0.29) is 47.3 Å². The summed E-state index contributed by atoms with van der Waals surface area (Å²) in [5, 5.41) is 16.3. The third kappa shape index (κ3) is 6.75. The molecular formula is C21H41IN4O2. The van der Waals surface area contributed by atoms with Gasteiger partial charge in [-0.2, -0.15) is 0 Å². The molecule has 0 aliphatic heterocycles. The fourth-order valence-corrected chi connectivity index (χ4v) is 4.86. The van der Waals surface area contributed by atoms with Crippen LogP contribution >= 0.6 is 24.0 Å². The van der Waals surface area contributed by atoms with Crippen molar-refractivity contribution < 1.29 is 9.90 Å². The number of aliphatic hydroxyl groups is 1. The molecule has 28 heavy (non-hydrogen) atoms. The minimum atomic E-state index is -0.298. The van der Waals surface area contributed by atoms with Crippen LogP contribution in [0.25, 0.3) is 0 Å². The van der Waals surface area contributed by atoms with Crippen molar-refractivity contribution in [2.45, 2.75) is 71.1 Å². The van der Waals surface area contributed by atoms with Crippen LogP contribution in [-0.4, -0.2) is 62.2 Å². The number of hydrogen-bond acceptors (Lipinski definition) is 3. The molecule has 2 fully saturated rings. The molecule has 0 aromatic carbocycles. The number of rotatable bonds is 8. The molecule has 7 heteroatoms. The van der Waals surface area contributed by atoms with E-state index in [4.69, 9.17) is 4.99 Å². The third-order valence-electron chi connectivity index (χ3n) is 6.49. The normalized spacial score (nSPS) is 20.9. The molecule has 1 amide bonds. The number of amides is 1. The number of hydrogen-bond donors (Lipinski definition) is 3. The molecule has 0 unspecified atom stereocenters. The second kappa shape index (κ2) is 12.2. The topological polar surface area (TPSA) is 77.0 Å². The van der Waals surface area contributed by atoms with Gasteiger partial charge in [-0.25, -0.2) is 0 Å². The molecule has 0 atom stereocenters. The van der Waals surface area contributed by atoms with E-state index in [1.807, 2.05) is 14.1 Å². The number of guanidine groups is 1. The van der Waals surface area contributed by atoms with E-state index in [1.165, 1.54) is 19.3 Å². The molecule has 0 bridgehead atoms. The molecule has 2 rings (SSSR count). The second-order valence-corrected chi connectivity index (χ2v) is 8.77. The minimum absolute atomic E-state index is 0. The van der Waals surface area contributed by atoms with Gasteiger partial charge in [0.1, 0.15) is 0 Å². The number of halogens is 1. The van der Waals surface area contributed by atoms with Crippen molar-refractivity contribution in [1.82, 2.24) is 15.5 Å². The van der Waals surface area contributed by atoms with E-state index < -0.39 is 0 Å². The summed E-state index contributed by atoms with van der Waals surface area (Å²) in [5.41, 5.74) is -0.160. The van der Waals surface area contributed by atoms with Crippen molar-refractivity contribution in [1.29, 1.82) is 0 Å². The van der Waals surface area contributed by atoms with Gasteiger partial charge in [0.05, 0.1) is 5.41 Å². The summed E-state index contributed by atoms with van der Waals surface area (Å²) in [6, 6.07) is 0. The molecule has 0 spiro atoms. The average Bonchev–Trinajstić information content (AvgIpc) is 3.14. The first-order chi connectivity index (χ1) is 13.0. The number of nitrogens with zero attached hydrogens (tertiary/aromatic N) is 2. The number of aliphatic imine (C=N–C) groups is 1. The number of nitrogens with one attached hydrogen (secondary N) is 2. The van der Waals surface area contributed by atoms with Crippen LogP contribution in [0.5, 0.6) is 0 Å². The summed E-state index contributed by atoms with van der Waals surface area (Å²) in [6.07, 6.45) is 11.0. The zero-order chi connectivity index (χ0) is 19.8. The van der Waals surface area contributed by atoms with E-state index in [1.54, 1.807) is 4.90 Å². The van der Waals surface area contributed by atoms with Crippen molar-refractivity contribution >= 4 is 35.8 Å². The zero-order valence-corrected chi connectivity index (χ0v) is 20.4. The maximum Gasteiger partial charge on any atom is 0.230 e. The largest absolute Gasteiger partial charge is 0.396 e. The first-order valence-corrected chi connectivity index (χ1v) is 10.8. The first kappa shape index (κ1) is 25.5. The van der Waals surface area contributed by atoms with Gasteiger partial charge in [-0.1, -0.05) is 32.1 Å². The van der Waals surface area contributed by atoms with Gasteiger partial charge in [0.25, 0.3) is 0 Å². The van der Waals surface area contributed by atoms with E-state index in [2.05, 4.69) is 17.6 Å². The number of carbonyl (C=O) groups excluding carboxylic acids is 1. The Balaban J connectivity index is 0.00000392. The summed E-state index contributed by atoms with van der Waals surface area (Å²) in [6.45, 7) is 4.49. The van der Waals surface area contributed by atoms with E-state index in [0.717, 1.165) is 64.0 Å². The fourth-order valence-electron chi connectivity index (χ4n) is 4.86. The van der Waals surface area contributed by atoms with Gasteiger partial charge in [0.2, 0.25) is 5.91 Å². The standard InChI is InChI=1S/C21H40N4O2.HI/c1-4-22-19(23-16-20(14-15-26)10-6-5-7-11-20)24-17-21(12-8-9-13-21)18(27)25(2)3;/h26H,4-17H2,1-3H3,(H2,22,23,24);1H. The lowest BCUT2D eigenvalue weighted by Gasteiger charge is -2.36. The summed E-state index contributed by atoms with van der Waals surface area (Å²) < 4.78 is 0. The lowest BCUT2D eigenvalue weighted by molar-refractivity contribution is -0.138. The van der Waals surface area contributed by atoms with Crippen LogP contribution in [0.2, 0.25) is 0 Å². The van der Waals surface area contributed by atoms with Crippen molar-refractivity contribution in [3.63, 3.8) is 0 Å². The first-order valence-electron chi connectivity index (χ1n) is 10.8. The summed E-state index contributed by atoms with van der Waals surface area (Å²) in [4.78, 5) is 19.4. The maximum atomic E-state index is 12.8. The lowest BCUT2D eigenvalue weighted by Crippen LogP contribution is -2.49. The number of carbonyl (C=O) groups is 1. The predicted molar refractivity (Wildman–Crippen MR) is 126 cm³/mol. The molecule has 0 aromatic rings. The van der Waals surface area contributed by atoms with E-state index >= 15 is 0 Å². The summed E-state index contributed by atoms with van der Waals surface area (Å²) >= 11 is 0. The summed E-state index contributed by atoms with van der Waals surface area (Å²) in [7, 11) is 3.70. The molecule has 0 aromatic heterocycles. The van der Waals surface area contributed by atoms with Crippen molar-refractivity contribution in [2.24, 2.45) is 15.8 Å². The highest BCUT2D eigenvalue weighted by atomic mass is 127. The monoisotopic (exact) mass is 508 g/mol. The predicted octanol–water partition coefficient (Wildman–Crippen LogP) is 3.14. The Morgan fingerprint density at radius 1 is 1.04 bits per heavy atom. The van der Waals surface area contributed by atoms with E-state index in [9.17, 15) is 9.90 Å². The van der Waals surface area contributed by atoms with Crippen LogP contribution in [0.4, 0.5) is 0 Å². The van der Waals surface area contributed by atoms with Crippen molar-refractivity contribution in [3.05, 3.63) is 0 Å². The van der Waals surface area contributed by atoms with E-state index in [0.29, 0.717) is 6.54 Å². The van der Waals surface area contributed by atoms with Crippen LogP contribution in [0.3, 0.4) is 0 Å². The SMILES string of the molecule is CCNC(=NCC1(CCO)CCCCC1)NCC1(C(=O)N(C)C)CCCC1.I. The molecule has 2 saturated carbocycles. The van der Waals surface area contributed by atoms with Gasteiger partial charge in [-0.05, 0) is 44.4 Å². The highest BCUT2D eigenvalue weighted by molar-refractivity contribution is 14.0. The maximum absolute atomic E-state index is 12.8. The highest BCUT2D eigenvalue weighted by Crippen LogP contribution is 2.40. The molecule has 0 radical (unpaired) electrons. The Hall–Kier alpha value is -0.570. The Kier molecular flexibility index (Phi) is 11.1. The Bertz CT molecular complexity index is 493. The highest BCUT2D eigenvalue weighted by Gasteiger charge is 2.42. The molecular weight excluding hydrogens is 467 g/mol. The second-order valence-electron chi connectivity index (χ2n) is 8.77. The Morgan fingerprint density at radius 2 is 1.64 bits per heavy atom. The number of aliphatic hydroxyl groups excluding tert-OH is 1. The minimum Gasteiger partial charge on any atom is -0.396 e. The molecule has 3 N–H and O–H groups in total. The van der Waals surface area contributed by atoms with Crippen LogP contribution < -0.4 is 10.6 Å². The zero-order valence-electron chi connectivity index (χ0n) is 18.1. The molecule has 0 saturated heterocycles. The Morgan fingerprint density at radius 3 is 2.18 bits per heavy atom. The molecule has 0 heterocycles. The third-order valence-corrected chi connectivity index (χ3v) is 6.49. The van der Waals surface area contributed by atoms with Crippen molar-refractivity contribution in [3.8, 4) is 0 Å². The molecule has 2 aliphatic rings. The quantitative estimate of drug-likeness (QED) is 0.268. The Labute approximate surface area is 188 Å². The van der Waals surface area contributed by atoms with Crippen LogP contribution in [-0.2, 0) is 4.79 Å². The van der Waals surface area contributed by atoms with Gasteiger partial charge in [-0.15, -0.1) is 24.0 Å². The molecule has 164 valence electrons. The van der Waals surface area contributed by atoms with Gasteiger partial charge >= 0.3 is 0 Å². The van der Waals surface area contributed by atoms with Gasteiger partial charge in [0, 0.05) is 40.3 Å². The van der Waals surface area contributed by atoms with Gasteiger partial charge in [0.15, 0.2) is 5.96 Å². The van der Waals surface area contributed by atoms with Crippen LogP contribution in [0.1, 0.15) is 71.1 Å². The smallest absolute Gasteiger partial charge is 0.230 e. The fraction of sp³-hybridized carbons (Fsp3) is 0.905.